The summed E-state index contributed by atoms with van der Waals surface area (Å²) in [5.41, 5.74) is 1.000. The van der Waals surface area contributed by atoms with Gasteiger partial charge in [0.1, 0.15) is 16.8 Å². The molecule has 0 aliphatic carbocycles. The van der Waals surface area contributed by atoms with Crippen LogP contribution >= 0.6 is 23.4 Å². The summed E-state index contributed by atoms with van der Waals surface area (Å²) in [7, 11) is 0. The maximum absolute atomic E-state index is 6.25. The van der Waals surface area contributed by atoms with Gasteiger partial charge in [-0.1, -0.05) is 25.4 Å². The van der Waals surface area contributed by atoms with Gasteiger partial charge in [-0.2, -0.15) is 11.8 Å². The van der Waals surface area contributed by atoms with Gasteiger partial charge in [0.25, 0.3) is 0 Å². The third-order valence-electron chi connectivity index (χ3n) is 3.23. The lowest BCUT2D eigenvalue weighted by Gasteiger charge is -2.35. The largest absolute Gasteiger partial charge is 0.352 e. The molecule has 0 spiro atoms. The molecule has 1 unspecified atom stereocenters. The molecule has 3 nitrogen and oxygen atoms in total. The first-order valence-electron chi connectivity index (χ1n) is 6.39. The van der Waals surface area contributed by atoms with Crippen molar-refractivity contribution in [1.29, 1.82) is 0 Å². The van der Waals surface area contributed by atoms with Crippen LogP contribution in [0.1, 0.15) is 38.1 Å². The van der Waals surface area contributed by atoms with Gasteiger partial charge >= 0.3 is 0 Å². The predicted molar refractivity (Wildman–Crippen MR) is 80.0 cm³/mol. The van der Waals surface area contributed by atoms with E-state index < -0.39 is 0 Å². The second-order valence-electron chi connectivity index (χ2n) is 5.09. The lowest BCUT2D eigenvalue weighted by atomic mass is 10.2. The number of nitrogens with zero attached hydrogens (tertiary/aromatic N) is 3. The van der Waals surface area contributed by atoms with Crippen molar-refractivity contribution in [3.8, 4) is 0 Å². The quantitative estimate of drug-likeness (QED) is 0.778. The van der Waals surface area contributed by atoms with E-state index in [1.807, 2.05) is 18.7 Å². The number of halogens is 1. The van der Waals surface area contributed by atoms with E-state index in [0.29, 0.717) is 17.1 Å². The summed E-state index contributed by atoms with van der Waals surface area (Å²) >= 11 is 8.25. The molecular weight excluding hydrogens is 266 g/mol. The number of aromatic nitrogens is 2. The molecule has 1 saturated heterocycles. The van der Waals surface area contributed by atoms with Crippen LogP contribution in [0.15, 0.2) is 0 Å². The van der Waals surface area contributed by atoms with Crippen LogP contribution in [-0.4, -0.2) is 34.1 Å². The summed E-state index contributed by atoms with van der Waals surface area (Å²) in [5.74, 6) is 4.47. The highest BCUT2D eigenvalue weighted by atomic mass is 35.5. The molecular formula is C13H20ClN3S. The standard InChI is InChI=1S/C13H20ClN3S/c1-8(2)12-15-11(14)10(4)13(16-12)17-5-6-18-7-9(17)3/h8-9H,5-7H2,1-4H3. The lowest BCUT2D eigenvalue weighted by molar-refractivity contribution is 0.674. The van der Waals surface area contributed by atoms with Crippen molar-refractivity contribution in [3.63, 3.8) is 0 Å². The van der Waals surface area contributed by atoms with Crippen molar-refractivity contribution in [2.24, 2.45) is 0 Å². The lowest BCUT2D eigenvalue weighted by Crippen LogP contribution is -2.41. The third-order valence-corrected chi connectivity index (χ3v) is 4.79. The number of rotatable bonds is 2. The van der Waals surface area contributed by atoms with Gasteiger partial charge in [-0.25, -0.2) is 9.97 Å². The minimum atomic E-state index is 0.302. The first-order chi connectivity index (χ1) is 8.50. The number of anilines is 1. The first-order valence-corrected chi connectivity index (χ1v) is 7.92. The first kappa shape index (κ1) is 13.9. The van der Waals surface area contributed by atoms with Crippen molar-refractivity contribution >= 4 is 29.2 Å². The molecule has 1 aliphatic rings. The van der Waals surface area contributed by atoms with E-state index in [9.17, 15) is 0 Å². The number of thioether (sulfide) groups is 1. The van der Waals surface area contributed by atoms with Gasteiger partial charge in [0, 0.05) is 35.6 Å². The Bertz CT molecular complexity index is 436. The van der Waals surface area contributed by atoms with Crippen molar-refractivity contribution in [2.45, 2.75) is 39.7 Å². The number of hydrogen-bond acceptors (Lipinski definition) is 4. The van der Waals surface area contributed by atoms with Crippen molar-refractivity contribution in [2.75, 3.05) is 23.0 Å². The third kappa shape index (κ3) is 2.75. The van der Waals surface area contributed by atoms with Crippen LogP contribution < -0.4 is 4.90 Å². The fourth-order valence-electron chi connectivity index (χ4n) is 2.07. The molecule has 0 bridgehead atoms. The van der Waals surface area contributed by atoms with Gasteiger partial charge in [-0.3, -0.25) is 0 Å². The molecule has 0 radical (unpaired) electrons. The Morgan fingerprint density at radius 3 is 2.72 bits per heavy atom. The Hall–Kier alpha value is -0.480. The zero-order valence-electron chi connectivity index (χ0n) is 11.4. The van der Waals surface area contributed by atoms with Crippen LogP contribution in [0.4, 0.5) is 5.82 Å². The smallest absolute Gasteiger partial charge is 0.137 e. The molecule has 0 aromatic carbocycles. The van der Waals surface area contributed by atoms with Gasteiger partial charge < -0.3 is 4.90 Å². The fraction of sp³-hybridized carbons (Fsp3) is 0.692. The van der Waals surface area contributed by atoms with E-state index in [1.54, 1.807) is 0 Å². The number of hydrogen-bond donors (Lipinski definition) is 0. The summed E-state index contributed by atoms with van der Waals surface area (Å²) in [5, 5.41) is 0.592. The predicted octanol–water partition coefficient (Wildman–Crippen LogP) is 3.50. The molecule has 1 fully saturated rings. The molecule has 1 atom stereocenters. The molecule has 5 heteroatoms. The van der Waals surface area contributed by atoms with Gasteiger partial charge in [-0.05, 0) is 13.8 Å². The molecule has 2 heterocycles. The normalized spacial score (nSPS) is 20.6. The molecule has 1 aromatic heterocycles. The Balaban J connectivity index is 2.41. The summed E-state index contributed by atoms with van der Waals surface area (Å²) in [4.78, 5) is 11.5. The average Bonchev–Trinajstić information content (AvgIpc) is 2.33. The maximum Gasteiger partial charge on any atom is 0.137 e. The van der Waals surface area contributed by atoms with Crippen LogP contribution in [0, 0.1) is 6.92 Å². The molecule has 1 aromatic rings. The molecule has 0 amide bonds. The Labute approximate surface area is 118 Å². The van der Waals surface area contributed by atoms with Crippen molar-refractivity contribution in [1.82, 2.24) is 9.97 Å². The zero-order valence-corrected chi connectivity index (χ0v) is 13.0. The van der Waals surface area contributed by atoms with Crippen LogP contribution in [0.25, 0.3) is 0 Å². The minimum absolute atomic E-state index is 0.302. The molecule has 0 saturated carbocycles. The van der Waals surface area contributed by atoms with Crippen LogP contribution in [0.2, 0.25) is 5.15 Å². The van der Waals surface area contributed by atoms with E-state index in [0.717, 1.165) is 35.3 Å². The van der Waals surface area contributed by atoms with E-state index in [1.165, 1.54) is 0 Å². The second-order valence-corrected chi connectivity index (χ2v) is 6.60. The summed E-state index contributed by atoms with van der Waals surface area (Å²) in [6.45, 7) is 9.49. The average molecular weight is 286 g/mol. The van der Waals surface area contributed by atoms with Crippen molar-refractivity contribution < 1.29 is 0 Å². The monoisotopic (exact) mass is 285 g/mol. The fourth-order valence-corrected chi connectivity index (χ4v) is 3.26. The summed E-state index contributed by atoms with van der Waals surface area (Å²) in [6, 6.07) is 0.508. The van der Waals surface area contributed by atoms with Crippen LogP contribution in [0.5, 0.6) is 0 Å². The highest BCUT2D eigenvalue weighted by molar-refractivity contribution is 7.99. The topological polar surface area (TPSA) is 29.0 Å². The van der Waals surface area contributed by atoms with E-state index in [2.05, 4.69) is 30.7 Å². The Kier molecular flexibility index (Phi) is 4.38. The van der Waals surface area contributed by atoms with E-state index in [4.69, 9.17) is 16.6 Å². The molecule has 18 heavy (non-hydrogen) atoms. The zero-order chi connectivity index (χ0) is 13.3. The Morgan fingerprint density at radius 1 is 1.39 bits per heavy atom. The van der Waals surface area contributed by atoms with Crippen LogP contribution in [0.3, 0.4) is 0 Å². The highest BCUT2D eigenvalue weighted by Crippen LogP contribution is 2.29. The maximum atomic E-state index is 6.25. The van der Waals surface area contributed by atoms with Gasteiger partial charge in [0.2, 0.25) is 0 Å². The van der Waals surface area contributed by atoms with Crippen LogP contribution in [-0.2, 0) is 0 Å². The Morgan fingerprint density at radius 2 is 2.11 bits per heavy atom. The second kappa shape index (κ2) is 5.66. The highest BCUT2D eigenvalue weighted by Gasteiger charge is 2.23. The minimum Gasteiger partial charge on any atom is -0.352 e. The van der Waals surface area contributed by atoms with Gasteiger partial charge in [-0.15, -0.1) is 0 Å². The van der Waals surface area contributed by atoms with E-state index >= 15 is 0 Å². The molecule has 100 valence electrons. The van der Waals surface area contributed by atoms with E-state index in [-0.39, 0.29) is 0 Å². The van der Waals surface area contributed by atoms with Gasteiger partial charge in [0.05, 0.1) is 0 Å². The molecule has 2 rings (SSSR count). The summed E-state index contributed by atoms with van der Waals surface area (Å²) < 4.78 is 0. The van der Waals surface area contributed by atoms with Gasteiger partial charge in [0.15, 0.2) is 0 Å². The molecule has 1 aliphatic heterocycles. The summed E-state index contributed by atoms with van der Waals surface area (Å²) in [6.07, 6.45) is 0. The molecule has 0 N–H and O–H groups in total. The van der Waals surface area contributed by atoms with Crippen molar-refractivity contribution in [3.05, 3.63) is 16.5 Å². The SMILES string of the molecule is Cc1c(Cl)nc(C(C)C)nc1N1CCSCC1C.